The molecule has 0 aromatic carbocycles. The molecular weight excluding hydrogens is 240 g/mol. The lowest BCUT2D eigenvalue weighted by atomic mass is 9.94. The highest BCUT2D eigenvalue weighted by molar-refractivity contribution is 5.49. The van der Waals surface area contributed by atoms with Crippen LogP contribution in [0.5, 0.6) is 0 Å². The molecule has 1 N–H and O–H groups in total. The Hall–Kier alpha value is -1.36. The van der Waals surface area contributed by atoms with Crippen LogP contribution in [-0.2, 0) is 0 Å². The smallest absolute Gasteiger partial charge is 0.134 e. The molecule has 1 aliphatic rings. The summed E-state index contributed by atoms with van der Waals surface area (Å²) in [4.78, 5) is 12.9. The van der Waals surface area contributed by atoms with Crippen molar-refractivity contribution in [2.24, 2.45) is 0 Å². The highest BCUT2D eigenvalue weighted by Gasteiger charge is 2.19. The van der Waals surface area contributed by atoms with E-state index in [0.29, 0.717) is 12.6 Å². The van der Waals surface area contributed by atoms with Crippen LogP contribution in [0, 0.1) is 0 Å². The number of hydrogen-bond donors (Lipinski definition) is 1. The lowest BCUT2D eigenvalue weighted by Gasteiger charge is -2.32. The van der Waals surface area contributed by atoms with Crippen molar-refractivity contribution in [3.05, 3.63) is 12.4 Å². The van der Waals surface area contributed by atoms with E-state index in [1.807, 2.05) is 18.0 Å². The van der Waals surface area contributed by atoms with Crippen molar-refractivity contribution in [2.45, 2.75) is 38.1 Å². The van der Waals surface area contributed by atoms with Crippen molar-refractivity contribution in [1.82, 2.24) is 9.97 Å². The number of likely N-dealkylation sites (N-methyl/N-ethyl adjacent to an activating group) is 1. The van der Waals surface area contributed by atoms with Gasteiger partial charge in [0.25, 0.3) is 0 Å². The SMILES string of the molecule is CN(CCO)c1cc(N(C)C2CCCCC2)ncn1. The molecule has 2 rings (SSSR count). The molecule has 0 saturated heterocycles. The molecule has 106 valence electrons. The Labute approximate surface area is 115 Å². The van der Waals surface area contributed by atoms with E-state index < -0.39 is 0 Å². The van der Waals surface area contributed by atoms with E-state index >= 15 is 0 Å². The molecule has 1 fully saturated rings. The molecule has 1 aromatic rings. The molecule has 0 atom stereocenters. The molecule has 1 saturated carbocycles. The summed E-state index contributed by atoms with van der Waals surface area (Å²) in [7, 11) is 4.05. The predicted molar refractivity (Wildman–Crippen MR) is 77.7 cm³/mol. The first kappa shape index (κ1) is 14.1. The monoisotopic (exact) mass is 264 g/mol. The molecule has 0 radical (unpaired) electrons. The van der Waals surface area contributed by atoms with Gasteiger partial charge in [-0.05, 0) is 12.8 Å². The minimum Gasteiger partial charge on any atom is -0.395 e. The second-order valence-electron chi connectivity index (χ2n) is 5.28. The number of aromatic nitrogens is 2. The Morgan fingerprint density at radius 2 is 1.84 bits per heavy atom. The lowest BCUT2D eigenvalue weighted by Crippen LogP contribution is -2.34. The van der Waals surface area contributed by atoms with E-state index in [1.54, 1.807) is 6.33 Å². The summed E-state index contributed by atoms with van der Waals surface area (Å²) in [5, 5.41) is 8.98. The molecule has 0 amide bonds. The quantitative estimate of drug-likeness (QED) is 0.877. The number of aliphatic hydroxyl groups is 1. The normalized spacial score (nSPS) is 16.4. The number of nitrogens with zero attached hydrogens (tertiary/aromatic N) is 4. The lowest BCUT2D eigenvalue weighted by molar-refractivity contribution is 0.304. The Bertz CT molecular complexity index is 393. The van der Waals surface area contributed by atoms with Crippen molar-refractivity contribution in [2.75, 3.05) is 37.0 Å². The average molecular weight is 264 g/mol. The van der Waals surface area contributed by atoms with Gasteiger partial charge in [0.05, 0.1) is 6.61 Å². The van der Waals surface area contributed by atoms with Gasteiger partial charge in [-0.1, -0.05) is 19.3 Å². The van der Waals surface area contributed by atoms with Gasteiger partial charge in [-0.3, -0.25) is 0 Å². The van der Waals surface area contributed by atoms with Gasteiger partial charge in [-0.2, -0.15) is 0 Å². The van der Waals surface area contributed by atoms with Crippen LogP contribution in [0.1, 0.15) is 32.1 Å². The zero-order chi connectivity index (χ0) is 13.7. The number of aliphatic hydroxyl groups excluding tert-OH is 1. The molecule has 0 spiro atoms. The molecule has 1 heterocycles. The Balaban J connectivity index is 2.08. The van der Waals surface area contributed by atoms with Crippen LogP contribution in [-0.4, -0.2) is 48.4 Å². The maximum absolute atomic E-state index is 8.98. The second-order valence-corrected chi connectivity index (χ2v) is 5.28. The Kier molecular flexibility index (Phi) is 4.96. The average Bonchev–Trinajstić information content (AvgIpc) is 2.48. The van der Waals surface area contributed by atoms with Crippen molar-refractivity contribution in [1.29, 1.82) is 0 Å². The van der Waals surface area contributed by atoms with Gasteiger partial charge in [0.2, 0.25) is 0 Å². The zero-order valence-electron chi connectivity index (χ0n) is 11.9. The van der Waals surface area contributed by atoms with Crippen LogP contribution < -0.4 is 9.80 Å². The van der Waals surface area contributed by atoms with E-state index in [4.69, 9.17) is 5.11 Å². The highest BCUT2D eigenvalue weighted by Crippen LogP contribution is 2.25. The van der Waals surface area contributed by atoms with E-state index in [1.165, 1.54) is 32.1 Å². The van der Waals surface area contributed by atoms with Gasteiger partial charge in [0, 0.05) is 32.7 Å². The molecule has 5 heteroatoms. The van der Waals surface area contributed by atoms with Gasteiger partial charge in [-0.25, -0.2) is 9.97 Å². The number of rotatable bonds is 5. The molecule has 1 aromatic heterocycles. The largest absolute Gasteiger partial charge is 0.395 e. The third-order valence-corrected chi connectivity index (χ3v) is 3.95. The van der Waals surface area contributed by atoms with Gasteiger partial charge >= 0.3 is 0 Å². The third-order valence-electron chi connectivity index (χ3n) is 3.95. The predicted octanol–water partition coefficient (Wildman–Crippen LogP) is 1.67. The molecule has 0 bridgehead atoms. The molecule has 19 heavy (non-hydrogen) atoms. The molecule has 1 aliphatic carbocycles. The van der Waals surface area contributed by atoms with Crippen LogP contribution in [0.25, 0.3) is 0 Å². The Morgan fingerprint density at radius 3 is 2.53 bits per heavy atom. The summed E-state index contributed by atoms with van der Waals surface area (Å²) in [6.45, 7) is 0.720. The van der Waals surface area contributed by atoms with Crippen molar-refractivity contribution in [3.63, 3.8) is 0 Å². The van der Waals surface area contributed by atoms with Crippen LogP contribution in [0.4, 0.5) is 11.6 Å². The van der Waals surface area contributed by atoms with Gasteiger partial charge < -0.3 is 14.9 Å². The van der Waals surface area contributed by atoms with Gasteiger partial charge in [-0.15, -0.1) is 0 Å². The summed E-state index contributed by atoms with van der Waals surface area (Å²) in [6, 6.07) is 2.60. The zero-order valence-corrected chi connectivity index (χ0v) is 11.9. The summed E-state index contributed by atoms with van der Waals surface area (Å²) < 4.78 is 0. The maximum Gasteiger partial charge on any atom is 0.134 e. The van der Waals surface area contributed by atoms with Crippen molar-refractivity contribution < 1.29 is 5.11 Å². The van der Waals surface area contributed by atoms with Crippen molar-refractivity contribution >= 4 is 11.6 Å². The topological polar surface area (TPSA) is 52.5 Å². The van der Waals surface area contributed by atoms with Crippen LogP contribution in [0.3, 0.4) is 0 Å². The molecular formula is C14H24N4O. The maximum atomic E-state index is 8.98. The minimum atomic E-state index is 0.133. The number of hydrogen-bond acceptors (Lipinski definition) is 5. The van der Waals surface area contributed by atoms with Crippen molar-refractivity contribution in [3.8, 4) is 0 Å². The fourth-order valence-electron chi connectivity index (χ4n) is 2.66. The van der Waals surface area contributed by atoms with Gasteiger partial charge in [0.1, 0.15) is 18.0 Å². The van der Waals surface area contributed by atoms with E-state index in [0.717, 1.165) is 11.6 Å². The van der Waals surface area contributed by atoms with Crippen LogP contribution in [0.2, 0.25) is 0 Å². The Morgan fingerprint density at radius 1 is 1.16 bits per heavy atom. The van der Waals surface area contributed by atoms with E-state index in [9.17, 15) is 0 Å². The molecule has 5 nitrogen and oxygen atoms in total. The van der Waals surface area contributed by atoms with Crippen LogP contribution in [0.15, 0.2) is 12.4 Å². The second kappa shape index (κ2) is 6.70. The highest BCUT2D eigenvalue weighted by atomic mass is 16.3. The molecule has 0 unspecified atom stereocenters. The summed E-state index contributed by atoms with van der Waals surface area (Å²) in [5.74, 6) is 1.84. The van der Waals surface area contributed by atoms with Crippen LogP contribution >= 0.6 is 0 Å². The fraction of sp³-hybridized carbons (Fsp3) is 0.714. The van der Waals surface area contributed by atoms with Gasteiger partial charge in [0.15, 0.2) is 0 Å². The standard InChI is InChI=1S/C14H24N4O/c1-17(8-9-19)13-10-14(16-11-15-13)18(2)12-6-4-3-5-7-12/h10-12,19H,3-9H2,1-2H3. The summed E-state index contributed by atoms with van der Waals surface area (Å²) >= 11 is 0. The number of anilines is 2. The minimum absolute atomic E-state index is 0.133. The third kappa shape index (κ3) is 3.56. The molecule has 0 aliphatic heterocycles. The summed E-state index contributed by atoms with van der Waals surface area (Å²) in [6.07, 6.45) is 8.11. The first-order chi connectivity index (χ1) is 9.22. The first-order valence-corrected chi connectivity index (χ1v) is 7.09. The summed E-state index contributed by atoms with van der Waals surface area (Å²) in [5.41, 5.74) is 0. The van der Waals surface area contributed by atoms with E-state index in [2.05, 4.69) is 21.9 Å². The first-order valence-electron chi connectivity index (χ1n) is 7.09. The fourth-order valence-corrected chi connectivity index (χ4v) is 2.66. The van der Waals surface area contributed by atoms with E-state index in [-0.39, 0.29) is 6.61 Å².